The van der Waals surface area contributed by atoms with Crippen molar-refractivity contribution in [3.8, 4) is 11.5 Å². The summed E-state index contributed by atoms with van der Waals surface area (Å²) >= 11 is 0. The Balaban J connectivity index is 2.06. The maximum absolute atomic E-state index is 5.47. The predicted octanol–water partition coefficient (Wildman–Crippen LogP) is 2.11. The fraction of sp³-hybridized carbons (Fsp3) is 0.600. The Morgan fingerprint density at radius 3 is 2.58 bits per heavy atom. The van der Waals surface area contributed by atoms with Gasteiger partial charge in [0.25, 0.3) is 0 Å². The van der Waals surface area contributed by atoms with Gasteiger partial charge in [-0.1, -0.05) is 6.07 Å². The Morgan fingerprint density at radius 2 is 1.95 bits per heavy atom. The molecule has 0 aromatic heterocycles. The number of hydrogen-bond donors (Lipinski definition) is 2. The van der Waals surface area contributed by atoms with Gasteiger partial charge in [-0.25, -0.2) is 0 Å². The van der Waals surface area contributed by atoms with Crippen molar-refractivity contribution < 1.29 is 9.47 Å². The van der Waals surface area contributed by atoms with E-state index in [-0.39, 0.29) is 6.04 Å². The summed E-state index contributed by atoms with van der Waals surface area (Å²) in [5.74, 6) is 1.71. The Morgan fingerprint density at radius 1 is 1.21 bits per heavy atom. The molecule has 1 atom stereocenters. The van der Waals surface area contributed by atoms with Crippen LogP contribution in [0.5, 0.6) is 11.5 Å². The number of ether oxygens (including phenoxy) is 2. The van der Waals surface area contributed by atoms with Crippen LogP contribution in [0.15, 0.2) is 18.2 Å². The molecule has 1 fully saturated rings. The Bertz CT molecular complexity index is 403. The molecule has 0 bridgehead atoms. The normalized spacial score (nSPS) is 18.1. The van der Waals surface area contributed by atoms with Gasteiger partial charge < -0.3 is 20.1 Å². The second-order valence-corrected chi connectivity index (χ2v) is 5.02. The first kappa shape index (κ1) is 14.2. The van der Waals surface area contributed by atoms with Crippen LogP contribution in [0.25, 0.3) is 0 Å². The van der Waals surface area contributed by atoms with E-state index in [1.807, 2.05) is 12.1 Å². The number of rotatable bonds is 5. The molecule has 1 unspecified atom stereocenters. The smallest absolute Gasteiger partial charge is 0.127 e. The monoisotopic (exact) mass is 264 g/mol. The Kier molecular flexibility index (Phi) is 5.05. The van der Waals surface area contributed by atoms with Crippen molar-refractivity contribution in [1.29, 1.82) is 0 Å². The van der Waals surface area contributed by atoms with E-state index in [2.05, 4.69) is 23.6 Å². The van der Waals surface area contributed by atoms with Gasteiger partial charge in [-0.15, -0.1) is 0 Å². The lowest BCUT2D eigenvalue weighted by Crippen LogP contribution is -2.41. The maximum atomic E-state index is 5.47. The molecule has 1 aromatic carbocycles. The largest absolute Gasteiger partial charge is 0.497 e. The molecule has 0 spiro atoms. The first-order valence-electron chi connectivity index (χ1n) is 6.93. The maximum Gasteiger partial charge on any atom is 0.127 e. The van der Waals surface area contributed by atoms with E-state index in [4.69, 9.17) is 9.47 Å². The molecular formula is C15H24N2O2. The third-order valence-electron chi connectivity index (χ3n) is 3.73. The van der Waals surface area contributed by atoms with Crippen LogP contribution in [-0.4, -0.2) is 33.4 Å². The molecular weight excluding hydrogens is 240 g/mol. The molecule has 1 aromatic rings. The van der Waals surface area contributed by atoms with Crippen molar-refractivity contribution >= 4 is 0 Å². The van der Waals surface area contributed by atoms with Gasteiger partial charge in [0, 0.05) is 23.7 Å². The van der Waals surface area contributed by atoms with E-state index >= 15 is 0 Å². The van der Waals surface area contributed by atoms with Crippen molar-refractivity contribution in [3.05, 3.63) is 23.8 Å². The average molecular weight is 264 g/mol. The zero-order valence-corrected chi connectivity index (χ0v) is 12.0. The number of nitrogens with one attached hydrogen (secondary N) is 2. The first-order valence-corrected chi connectivity index (χ1v) is 6.93. The summed E-state index contributed by atoms with van der Waals surface area (Å²) in [6.45, 7) is 4.39. The van der Waals surface area contributed by atoms with Gasteiger partial charge in [0.2, 0.25) is 0 Å². The summed E-state index contributed by atoms with van der Waals surface area (Å²) in [6, 6.07) is 6.87. The van der Waals surface area contributed by atoms with E-state index in [1.165, 1.54) is 18.4 Å². The molecule has 4 heteroatoms. The van der Waals surface area contributed by atoms with Gasteiger partial charge in [-0.05, 0) is 38.9 Å². The molecule has 1 saturated heterocycles. The molecule has 0 saturated carbocycles. The van der Waals surface area contributed by atoms with Crippen molar-refractivity contribution in [3.63, 3.8) is 0 Å². The van der Waals surface area contributed by atoms with E-state index in [0.29, 0.717) is 6.04 Å². The van der Waals surface area contributed by atoms with Gasteiger partial charge in [0.05, 0.1) is 14.2 Å². The second kappa shape index (κ2) is 6.78. The fourth-order valence-corrected chi connectivity index (χ4v) is 2.61. The van der Waals surface area contributed by atoms with Crippen molar-refractivity contribution in [1.82, 2.24) is 10.6 Å². The number of piperidine rings is 1. The van der Waals surface area contributed by atoms with Gasteiger partial charge in [-0.3, -0.25) is 0 Å². The summed E-state index contributed by atoms with van der Waals surface area (Å²) < 4.78 is 10.7. The highest BCUT2D eigenvalue weighted by Crippen LogP contribution is 2.29. The highest BCUT2D eigenvalue weighted by atomic mass is 16.5. The summed E-state index contributed by atoms with van der Waals surface area (Å²) in [4.78, 5) is 0. The lowest BCUT2D eigenvalue weighted by atomic mass is 10.0. The minimum Gasteiger partial charge on any atom is -0.497 e. The van der Waals surface area contributed by atoms with Gasteiger partial charge in [-0.2, -0.15) is 0 Å². The van der Waals surface area contributed by atoms with Crippen molar-refractivity contribution in [2.75, 3.05) is 27.3 Å². The zero-order valence-electron chi connectivity index (χ0n) is 12.0. The average Bonchev–Trinajstić information content (AvgIpc) is 2.47. The molecule has 1 heterocycles. The zero-order chi connectivity index (χ0) is 13.7. The van der Waals surface area contributed by atoms with E-state index < -0.39 is 0 Å². The van der Waals surface area contributed by atoms with Crippen LogP contribution >= 0.6 is 0 Å². The molecule has 2 rings (SSSR count). The molecule has 106 valence electrons. The molecule has 4 nitrogen and oxygen atoms in total. The standard InChI is InChI=1S/C15H24N2O2/c1-11(17-12-6-8-16-9-7-12)14-5-4-13(18-2)10-15(14)19-3/h4-5,10-12,16-17H,6-9H2,1-3H3. The van der Waals surface area contributed by atoms with Crippen LogP contribution in [0.3, 0.4) is 0 Å². The van der Waals surface area contributed by atoms with Crippen molar-refractivity contribution in [2.24, 2.45) is 0 Å². The van der Waals surface area contributed by atoms with E-state index in [1.54, 1.807) is 14.2 Å². The van der Waals surface area contributed by atoms with Crippen LogP contribution in [0.1, 0.15) is 31.4 Å². The number of benzene rings is 1. The Labute approximate surface area is 115 Å². The van der Waals surface area contributed by atoms with Crippen LogP contribution in [-0.2, 0) is 0 Å². The summed E-state index contributed by atoms with van der Waals surface area (Å²) in [6.07, 6.45) is 2.37. The second-order valence-electron chi connectivity index (χ2n) is 5.02. The van der Waals surface area contributed by atoms with Gasteiger partial charge in [0.15, 0.2) is 0 Å². The van der Waals surface area contributed by atoms with Crippen LogP contribution < -0.4 is 20.1 Å². The lowest BCUT2D eigenvalue weighted by molar-refractivity contribution is 0.347. The van der Waals surface area contributed by atoms with Crippen LogP contribution in [0, 0.1) is 0 Å². The SMILES string of the molecule is COc1ccc(C(C)NC2CCNCC2)c(OC)c1. The number of methoxy groups -OCH3 is 2. The molecule has 19 heavy (non-hydrogen) atoms. The predicted molar refractivity (Wildman–Crippen MR) is 77.0 cm³/mol. The molecule has 2 N–H and O–H groups in total. The quantitative estimate of drug-likeness (QED) is 0.855. The molecule has 0 aliphatic carbocycles. The van der Waals surface area contributed by atoms with E-state index in [9.17, 15) is 0 Å². The van der Waals surface area contributed by atoms with Crippen LogP contribution in [0.2, 0.25) is 0 Å². The minimum absolute atomic E-state index is 0.281. The van der Waals surface area contributed by atoms with Crippen molar-refractivity contribution in [2.45, 2.75) is 31.8 Å². The van der Waals surface area contributed by atoms with Gasteiger partial charge in [0.1, 0.15) is 11.5 Å². The molecule has 0 radical (unpaired) electrons. The highest BCUT2D eigenvalue weighted by Gasteiger charge is 2.18. The van der Waals surface area contributed by atoms with Crippen LogP contribution in [0.4, 0.5) is 0 Å². The summed E-state index contributed by atoms with van der Waals surface area (Å²) in [7, 11) is 3.38. The lowest BCUT2D eigenvalue weighted by Gasteiger charge is -2.28. The Hall–Kier alpha value is -1.26. The summed E-state index contributed by atoms with van der Waals surface area (Å²) in [5, 5.41) is 7.07. The van der Waals surface area contributed by atoms with E-state index in [0.717, 1.165) is 24.6 Å². The fourth-order valence-electron chi connectivity index (χ4n) is 2.61. The third-order valence-corrected chi connectivity index (χ3v) is 3.73. The first-order chi connectivity index (χ1) is 9.24. The number of hydrogen-bond acceptors (Lipinski definition) is 4. The third kappa shape index (κ3) is 3.61. The molecule has 1 aliphatic heterocycles. The minimum atomic E-state index is 0.281. The van der Waals surface area contributed by atoms with Gasteiger partial charge >= 0.3 is 0 Å². The topological polar surface area (TPSA) is 42.5 Å². The highest BCUT2D eigenvalue weighted by molar-refractivity contribution is 5.42. The molecule has 0 amide bonds. The summed E-state index contributed by atoms with van der Waals surface area (Å²) in [5.41, 5.74) is 1.18. The molecule has 1 aliphatic rings.